The molecule has 1 aliphatic carbocycles. The summed E-state index contributed by atoms with van der Waals surface area (Å²) < 4.78 is 13.1. The molecule has 316 valence electrons. The van der Waals surface area contributed by atoms with Gasteiger partial charge in [0.1, 0.15) is 23.2 Å². The van der Waals surface area contributed by atoms with Crippen LogP contribution in [0.25, 0.3) is 33.7 Å². The van der Waals surface area contributed by atoms with Crippen molar-refractivity contribution in [3.8, 4) is 16.9 Å². The van der Waals surface area contributed by atoms with Crippen LogP contribution in [0.3, 0.4) is 0 Å². The fourth-order valence-corrected chi connectivity index (χ4v) is 10.7. The number of para-hydroxylation sites is 3. The highest BCUT2D eigenvalue weighted by atomic mass is 16.5. The molecule has 0 N–H and O–H groups in total. The Morgan fingerprint density at radius 1 is 0.585 bits per heavy atom. The van der Waals surface area contributed by atoms with Gasteiger partial charge in [-0.1, -0.05) is 147 Å². The van der Waals surface area contributed by atoms with E-state index >= 15 is 0 Å². The summed E-state index contributed by atoms with van der Waals surface area (Å²) in [6.45, 7) is 4.66. The lowest BCUT2D eigenvalue weighted by atomic mass is 9.84. The summed E-state index contributed by atoms with van der Waals surface area (Å²) in [7, 11) is 0. The topological polar surface area (TPSA) is 28.9 Å². The molecule has 0 radical (unpaired) electrons. The summed E-state index contributed by atoms with van der Waals surface area (Å²) in [5.74, 6) is 2.70. The van der Waals surface area contributed by atoms with Crippen molar-refractivity contribution in [1.82, 2.24) is 0 Å². The average Bonchev–Trinajstić information content (AvgIpc) is 4.09. The van der Waals surface area contributed by atoms with Crippen LogP contribution in [-0.4, -0.2) is 0 Å². The number of hydrogen-bond acceptors (Lipinski definition) is 4. The molecule has 0 saturated heterocycles. The zero-order chi connectivity index (χ0) is 43.4. The average molecular weight is 843 g/mol. The Bertz CT molecular complexity index is 3160. The number of anilines is 5. The van der Waals surface area contributed by atoms with E-state index in [0.29, 0.717) is 5.92 Å². The molecule has 3 unspecified atom stereocenters. The second-order valence-corrected chi connectivity index (χ2v) is 18.2. The van der Waals surface area contributed by atoms with Gasteiger partial charge in [0.25, 0.3) is 0 Å². The second-order valence-electron chi connectivity index (χ2n) is 18.2. The van der Waals surface area contributed by atoms with Crippen LogP contribution in [0.2, 0.25) is 0 Å². The minimum absolute atomic E-state index is 0.0363. The van der Waals surface area contributed by atoms with Gasteiger partial charge in [-0.25, -0.2) is 0 Å². The van der Waals surface area contributed by atoms with Crippen LogP contribution in [0.1, 0.15) is 77.5 Å². The summed E-state index contributed by atoms with van der Waals surface area (Å²) in [6, 6.07) is 72.8. The first-order chi connectivity index (χ1) is 32.0. The summed E-state index contributed by atoms with van der Waals surface area (Å²) in [6.07, 6.45) is 5.32. The summed E-state index contributed by atoms with van der Waals surface area (Å²) in [4.78, 5) is 4.86. The van der Waals surface area contributed by atoms with Gasteiger partial charge in [0.15, 0.2) is 0 Å². The van der Waals surface area contributed by atoms with Crippen LogP contribution in [0, 0.1) is 5.92 Å². The zero-order valence-corrected chi connectivity index (χ0v) is 36.8. The maximum atomic E-state index is 6.64. The van der Waals surface area contributed by atoms with Crippen molar-refractivity contribution in [1.29, 1.82) is 0 Å². The molecule has 0 bridgehead atoms. The Morgan fingerprint density at radius 2 is 1.20 bits per heavy atom. The number of nitrogens with zero attached hydrogens (tertiary/aromatic N) is 2. The molecule has 4 heteroatoms. The maximum Gasteiger partial charge on any atom is 0.134 e. The number of aryl methyl sites for hydroxylation is 1. The fourth-order valence-electron chi connectivity index (χ4n) is 10.7. The molecule has 12 rings (SSSR count). The van der Waals surface area contributed by atoms with Gasteiger partial charge in [-0.05, 0) is 148 Å². The lowest BCUT2D eigenvalue weighted by Gasteiger charge is -2.31. The third-order valence-corrected chi connectivity index (χ3v) is 13.9. The Labute approximate surface area is 381 Å². The summed E-state index contributed by atoms with van der Waals surface area (Å²) in [5, 5.41) is 1.14. The lowest BCUT2D eigenvalue weighted by molar-refractivity contribution is 0.176. The fraction of sp³-hybridized carbons (Fsp3) is 0.148. The SMILES string of the molecule is CC(C)C1c2ccccc2N(c2ccc(-c3ccc(N(c4ccc(C5=Cc6ccccc6C5)cc4)c4ccc(C5CCc6ccccc6O5)cc4)cc3)cc2)C1c1cc2ccccc2o1. The Morgan fingerprint density at radius 3 is 1.92 bits per heavy atom. The van der Waals surface area contributed by atoms with Gasteiger partial charge in [-0.15, -0.1) is 0 Å². The Hall–Kier alpha value is -7.56. The van der Waals surface area contributed by atoms with Crippen LogP contribution in [0.15, 0.2) is 205 Å². The molecule has 9 aromatic rings. The van der Waals surface area contributed by atoms with E-state index in [1.165, 1.54) is 55.8 Å². The zero-order valence-electron chi connectivity index (χ0n) is 36.8. The number of ether oxygens (including phenoxy) is 1. The van der Waals surface area contributed by atoms with E-state index in [9.17, 15) is 0 Å². The van der Waals surface area contributed by atoms with Crippen LogP contribution < -0.4 is 14.5 Å². The molecule has 4 nitrogen and oxygen atoms in total. The quantitative estimate of drug-likeness (QED) is 0.145. The molecule has 2 aliphatic heterocycles. The van der Waals surface area contributed by atoms with E-state index in [2.05, 4.69) is 230 Å². The molecule has 1 aromatic heterocycles. The number of furan rings is 1. The number of fused-ring (bicyclic) bond motifs is 4. The van der Waals surface area contributed by atoms with E-state index in [4.69, 9.17) is 9.15 Å². The first-order valence-electron chi connectivity index (χ1n) is 23.1. The molecular weight excluding hydrogens is 793 g/mol. The van der Waals surface area contributed by atoms with Gasteiger partial charge < -0.3 is 19.0 Å². The highest BCUT2D eigenvalue weighted by Crippen LogP contribution is 2.56. The van der Waals surface area contributed by atoms with Gasteiger partial charge in [0, 0.05) is 39.7 Å². The largest absolute Gasteiger partial charge is 0.485 e. The molecule has 3 aliphatic rings. The molecule has 3 heterocycles. The molecule has 3 atom stereocenters. The van der Waals surface area contributed by atoms with Gasteiger partial charge in [-0.3, -0.25) is 0 Å². The second kappa shape index (κ2) is 16.2. The van der Waals surface area contributed by atoms with Crippen molar-refractivity contribution in [3.63, 3.8) is 0 Å². The van der Waals surface area contributed by atoms with E-state index < -0.39 is 0 Å². The minimum Gasteiger partial charge on any atom is -0.485 e. The normalized spacial score (nSPS) is 17.4. The van der Waals surface area contributed by atoms with Gasteiger partial charge in [0.05, 0.1) is 6.04 Å². The van der Waals surface area contributed by atoms with Crippen molar-refractivity contribution in [2.24, 2.45) is 5.92 Å². The van der Waals surface area contributed by atoms with Crippen molar-refractivity contribution in [3.05, 3.63) is 239 Å². The number of allylic oxidation sites excluding steroid dienone is 1. The van der Waals surface area contributed by atoms with E-state index in [0.717, 1.165) is 64.5 Å². The first-order valence-corrected chi connectivity index (χ1v) is 23.1. The highest BCUT2D eigenvalue weighted by Gasteiger charge is 2.43. The van der Waals surface area contributed by atoms with Crippen molar-refractivity contribution in [2.75, 3.05) is 9.80 Å². The lowest BCUT2D eigenvalue weighted by Crippen LogP contribution is -2.24. The molecule has 8 aromatic carbocycles. The van der Waals surface area contributed by atoms with E-state index in [1.807, 2.05) is 0 Å². The van der Waals surface area contributed by atoms with Crippen molar-refractivity contribution >= 4 is 51.1 Å². The number of hydrogen-bond donors (Lipinski definition) is 0. The summed E-state index contributed by atoms with van der Waals surface area (Å²) in [5.41, 5.74) is 18.2. The first kappa shape index (κ1) is 39.1. The van der Waals surface area contributed by atoms with Crippen LogP contribution in [0.4, 0.5) is 28.4 Å². The standard InChI is InChI=1S/C61H50N2O2/c1-40(2)60-54-15-7-8-16-55(54)63(61(60)59-39-48-14-6-10-18-57(48)65-59)53-32-21-42(22-33-53)41-19-28-50(29-20-41)62(51-30-23-43(24-31-51)49-37-46-12-3-4-13-47(46)38-49)52-34-25-45(26-35-52)58-36-27-44-11-5-9-17-56(44)64-58/h3-26,28-35,37,39-40,58,60-61H,27,36,38H2,1-2H3. The molecular formula is C61H50N2O2. The van der Waals surface area contributed by atoms with Crippen LogP contribution >= 0.6 is 0 Å². The monoisotopic (exact) mass is 842 g/mol. The van der Waals surface area contributed by atoms with Crippen molar-refractivity contribution in [2.45, 2.75) is 51.2 Å². The van der Waals surface area contributed by atoms with Crippen molar-refractivity contribution < 1.29 is 9.15 Å². The number of rotatable bonds is 9. The Balaban J connectivity index is 0.855. The molecule has 0 saturated carbocycles. The molecule has 0 spiro atoms. The highest BCUT2D eigenvalue weighted by molar-refractivity contribution is 5.89. The molecule has 0 fully saturated rings. The molecule has 0 amide bonds. The van der Waals surface area contributed by atoms with Gasteiger partial charge in [-0.2, -0.15) is 0 Å². The molecule has 65 heavy (non-hydrogen) atoms. The third-order valence-electron chi connectivity index (χ3n) is 13.9. The van der Waals surface area contributed by atoms with E-state index in [-0.39, 0.29) is 18.1 Å². The third kappa shape index (κ3) is 7.10. The minimum atomic E-state index is 0.0363. The Kier molecular flexibility index (Phi) is 9.74. The smallest absolute Gasteiger partial charge is 0.134 e. The number of benzene rings is 8. The van der Waals surface area contributed by atoms with E-state index in [1.54, 1.807) is 0 Å². The predicted octanol–water partition coefficient (Wildman–Crippen LogP) is 16.4. The summed E-state index contributed by atoms with van der Waals surface area (Å²) >= 11 is 0. The van der Waals surface area contributed by atoms with Crippen LogP contribution in [-0.2, 0) is 12.8 Å². The predicted molar refractivity (Wildman–Crippen MR) is 268 cm³/mol. The van der Waals surface area contributed by atoms with Gasteiger partial charge >= 0.3 is 0 Å². The van der Waals surface area contributed by atoms with Gasteiger partial charge in [0.2, 0.25) is 0 Å². The maximum absolute atomic E-state index is 6.64. The van der Waals surface area contributed by atoms with Crippen LogP contribution in [0.5, 0.6) is 5.75 Å².